The van der Waals surface area contributed by atoms with Crippen molar-refractivity contribution in [1.29, 1.82) is 5.26 Å². The molecule has 1 N–H and O–H groups in total. The molecule has 5 nitrogen and oxygen atoms in total. The fraction of sp³-hybridized carbons (Fsp3) is 0.321. The first kappa shape index (κ1) is 25.0. The zero-order valence-electron chi connectivity index (χ0n) is 20.1. The molecule has 4 rings (SSSR count). The molecule has 0 bridgehead atoms. The lowest BCUT2D eigenvalue weighted by molar-refractivity contribution is 0.102. The first-order chi connectivity index (χ1) is 16.7. The molecule has 2 aromatic carbocycles. The number of carbonyl (C=O) groups excluding carboxylic acids is 1. The Morgan fingerprint density at radius 3 is 2.60 bits per heavy atom. The van der Waals surface area contributed by atoms with Crippen LogP contribution in [0.2, 0.25) is 5.02 Å². The summed E-state index contributed by atoms with van der Waals surface area (Å²) in [6.07, 6.45) is 4.66. The molecule has 1 atom stereocenters. The molecule has 1 aliphatic carbocycles. The fourth-order valence-electron chi connectivity index (χ4n) is 4.26. The van der Waals surface area contributed by atoms with Crippen LogP contribution in [0.4, 0.5) is 10.7 Å². The molecule has 7 heteroatoms. The standard InChI is InChI=1S/C28H28ClN3O2S/c1-28(2,3)19-6-13-23-24(16-19)35-27(25(23)26(33)32-21-9-7-20(29)8-10-21)31-17-18-4-11-22(12-5-18)34-15-14-30/h4-5,7-12,17,19H,6,13,15-16H2,1-3H3,(H,32,33)/t19-/m1/s1. The average Bonchev–Trinajstić information content (AvgIpc) is 3.21. The van der Waals surface area contributed by atoms with E-state index in [1.807, 2.05) is 18.2 Å². The van der Waals surface area contributed by atoms with Gasteiger partial charge in [0, 0.05) is 21.8 Å². The topological polar surface area (TPSA) is 74.5 Å². The largest absolute Gasteiger partial charge is 0.479 e. The zero-order chi connectivity index (χ0) is 25.0. The maximum absolute atomic E-state index is 13.4. The number of anilines is 1. The monoisotopic (exact) mass is 505 g/mol. The van der Waals surface area contributed by atoms with Gasteiger partial charge in [-0.2, -0.15) is 5.26 Å². The van der Waals surface area contributed by atoms with Gasteiger partial charge in [-0.15, -0.1) is 11.3 Å². The van der Waals surface area contributed by atoms with Crippen molar-refractivity contribution in [2.75, 3.05) is 11.9 Å². The third-order valence-corrected chi connectivity index (χ3v) is 7.73. The van der Waals surface area contributed by atoms with E-state index in [9.17, 15) is 4.79 Å². The molecule has 180 valence electrons. The Hall–Kier alpha value is -3.14. The summed E-state index contributed by atoms with van der Waals surface area (Å²) in [6, 6.07) is 16.5. The second-order valence-electron chi connectivity index (χ2n) is 9.72. The summed E-state index contributed by atoms with van der Waals surface area (Å²) in [5, 5.41) is 13.0. The molecule has 0 spiro atoms. The highest BCUT2D eigenvalue weighted by atomic mass is 35.5. The molecule has 0 aliphatic heterocycles. The molecule has 1 amide bonds. The average molecular weight is 506 g/mol. The van der Waals surface area contributed by atoms with Gasteiger partial charge in [-0.25, -0.2) is 4.99 Å². The van der Waals surface area contributed by atoms with Crippen LogP contribution in [0.25, 0.3) is 0 Å². The molecule has 1 aliphatic rings. The number of aliphatic imine (C=N–C) groups is 1. The van der Waals surface area contributed by atoms with E-state index >= 15 is 0 Å². The van der Waals surface area contributed by atoms with Crippen LogP contribution in [0.15, 0.2) is 53.5 Å². The third kappa shape index (κ3) is 6.11. The highest BCUT2D eigenvalue weighted by Gasteiger charge is 2.33. The number of nitrogens with zero attached hydrogens (tertiary/aromatic N) is 2. The van der Waals surface area contributed by atoms with Crippen molar-refractivity contribution < 1.29 is 9.53 Å². The Kier molecular flexibility index (Phi) is 7.59. The van der Waals surface area contributed by atoms with Crippen LogP contribution in [-0.2, 0) is 12.8 Å². The summed E-state index contributed by atoms with van der Waals surface area (Å²) in [6.45, 7) is 6.87. The smallest absolute Gasteiger partial charge is 0.259 e. The number of carbonyl (C=O) groups is 1. The van der Waals surface area contributed by atoms with Crippen LogP contribution in [0.1, 0.15) is 53.6 Å². The highest BCUT2D eigenvalue weighted by molar-refractivity contribution is 7.16. The molecule has 0 unspecified atom stereocenters. The fourth-order valence-corrected chi connectivity index (χ4v) is 5.66. The van der Waals surface area contributed by atoms with Gasteiger partial charge in [0.2, 0.25) is 0 Å². The van der Waals surface area contributed by atoms with Gasteiger partial charge in [-0.3, -0.25) is 4.79 Å². The van der Waals surface area contributed by atoms with Gasteiger partial charge < -0.3 is 10.1 Å². The zero-order valence-corrected chi connectivity index (χ0v) is 21.7. The predicted molar refractivity (Wildman–Crippen MR) is 143 cm³/mol. The van der Waals surface area contributed by atoms with E-state index in [4.69, 9.17) is 26.6 Å². The molecule has 1 heterocycles. The number of ether oxygens (including phenoxy) is 1. The van der Waals surface area contributed by atoms with Crippen LogP contribution >= 0.6 is 22.9 Å². The predicted octanol–water partition coefficient (Wildman–Crippen LogP) is 7.46. The molecule has 35 heavy (non-hydrogen) atoms. The minimum atomic E-state index is -0.147. The minimum Gasteiger partial charge on any atom is -0.479 e. The number of nitrogens with one attached hydrogen (secondary N) is 1. The lowest BCUT2D eigenvalue weighted by Crippen LogP contribution is -2.27. The highest BCUT2D eigenvalue weighted by Crippen LogP contribution is 2.45. The van der Waals surface area contributed by atoms with E-state index in [-0.39, 0.29) is 17.9 Å². The Balaban J connectivity index is 1.64. The second kappa shape index (κ2) is 10.6. The molecule has 3 aromatic rings. The molecule has 0 saturated heterocycles. The van der Waals surface area contributed by atoms with E-state index in [0.717, 1.165) is 35.4 Å². The van der Waals surface area contributed by atoms with Crippen molar-refractivity contribution in [1.82, 2.24) is 0 Å². The summed E-state index contributed by atoms with van der Waals surface area (Å²) < 4.78 is 5.32. The van der Waals surface area contributed by atoms with E-state index in [2.05, 4.69) is 26.1 Å². The lowest BCUT2D eigenvalue weighted by Gasteiger charge is -2.33. The molecule has 0 radical (unpaired) electrons. The van der Waals surface area contributed by atoms with Gasteiger partial charge >= 0.3 is 0 Å². The summed E-state index contributed by atoms with van der Waals surface area (Å²) in [5.74, 6) is 1.05. The Morgan fingerprint density at radius 1 is 1.23 bits per heavy atom. The molecule has 1 aromatic heterocycles. The van der Waals surface area contributed by atoms with Crippen molar-refractivity contribution in [2.24, 2.45) is 16.3 Å². The van der Waals surface area contributed by atoms with Gasteiger partial charge in [0.25, 0.3) is 5.91 Å². The number of thiophene rings is 1. The van der Waals surface area contributed by atoms with Crippen molar-refractivity contribution in [3.05, 3.63) is 75.1 Å². The van der Waals surface area contributed by atoms with Crippen molar-refractivity contribution in [3.8, 4) is 11.8 Å². The van der Waals surface area contributed by atoms with Crippen LogP contribution in [0.3, 0.4) is 0 Å². The maximum atomic E-state index is 13.4. The van der Waals surface area contributed by atoms with Crippen molar-refractivity contribution in [2.45, 2.75) is 40.0 Å². The van der Waals surface area contributed by atoms with Crippen molar-refractivity contribution in [3.63, 3.8) is 0 Å². The quantitative estimate of drug-likeness (QED) is 0.353. The van der Waals surface area contributed by atoms with Gasteiger partial charge in [0.1, 0.15) is 16.8 Å². The van der Waals surface area contributed by atoms with E-state index in [1.165, 1.54) is 4.88 Å². The summed E-state index contributed by atoms with van der Waals surface area (Å²) in [7, 11) is 0. The number of hydrogen-bond acceptors (Lipinski definition) is 5. The minimum absolute atomic E-state index is 0.00976. The normalized spacial score (nSPS) is 15.5. The van der Waals surface area contributed by atoms with Crippen LogP contribution in [-0.4, -0.2) is 18.7 Å². The molecular weight excluding hydrogens is 478 g/mol. The number of benzene rings is 2. The molecule has 0 fully saturated rings. The number of nitriles is 1. The molecule has 0 saturated carbocycles. The van der Waals surface area contributed by atoms with Gasteiger partial charge in [-0.1, -0.05) is 32.4 Å². The maximum Gasteiger partial charge on any atom is 0.259 e. The molecular formula is C28H28ClN3O2S. The van der Waals surface area contributed by atoms with Crippen molar-refractivity contribution >= 4 is 45.7 Å². The second-order valence-corrected chi connectivity index (χ2v) is 11.2. The summed E-state index contributed by atoms with van der Waals surface area (Å²) >= 11 is 7.62. The Bertz CT molecular complexity index is 1270. The van der Waals surface area contributed by atoms with E-state index in [0.29, 0.717) is 27.9 Å². The number of rotatable bonds is 6. The Morgan fingerprint density at radius 2 is 1.94 bits per heavy atom. The SMILES string of the molecule is CC(C)(C)[C@@H]1CCc2c(sc(N=Cc3ccc(OCC#N)cc3)c2C(=O)Nc2ccc(Cl)cc2)C1. The van der Waals surface area contributed by atoms with E-state index in [1.54, 1.807) is 53.9 Å². The first-order valence-corrected chi connectivity index (χ1v) is 12.8. The Labute approximate surface area is 215 Å². The van der Waals surface area contributed by atoms with Crippen LogP contribution in [0.5, 0.6) is 5.75 Å². The van der Waals surface area contributed by atoms with Gasteiger partial charge in [0.15, 0.2) is 6.61 Å². The summed E-state index contributed by atoms with van der Waals surface area (Å²) in [4.78, 5) is 19.4. The number of halogens is 1. The third-order valence-electron chi connectivity index (χ3n) is 6.31. The summed E-state index contributed by atoms with van der Waals surface area (Å²) in [5.41, 5.74) is 3.58. The lowest BCUT2D eigenvalue weighted by atomic mass is 9.72. The van der Waals surface area contributed by atoms with Gasteiger partial charge in [-0.05, 0) is 90.3 Å². The van der Waals surface area contributed by atoms with E-state index < -0.39 is 0 Å². The van der Waals surface area contributed by atoms with Crippen LogP contribution < -0.4 is 10.1 Å². The number of amides is 1. The number of fused-ring (bicyclic) bond motifs is 1. The van der Waals surface area contributed by atoms with Gasteiger partial charge in [0.05, 0.1) is 5.56 Å². The first-order valence-electron chi connectivity index (χ1n) is 11.6. The van der Waals surface area contributed by atoms with Crippen LogP contribution in [0, 0.1) is 22.7 Å². The number of hydrogen-bond donors (Lipinski definition) is 1.